The molecular weight excluding hydrogens is 144 g/mol. The number of aliphatic hydroxyl groups is 1. The van der Waals surface area contributed by atoms with E-state index in [2.05, 4.69) is 0 Å². The van der Waals surface area contributed by atoms with E-state index in [1.807, 2.05) is 5.43 Å². The molecule has 4 N–H and O–H groups in total. The lowest BCUT2D eigenvalue weighted by Crippen LogP contribution is -2.29. The Morgan fingerprint density at radius 1 is 1.82 bits per heavy atom. The zero-order valence-corrected chi connectivity index (χ0v) is 6.79. The van der Waals surface area contributed by atoms with Crippen LogP contribution in [-0.2, 0) is 4.79 Å². The third-order valence-corrected chi connectivity index (χ3v) is 1.13. The molecule has 0 radical (unpaired) electrons. The summed E-state index contributed by atoms with van der Waals surface area (Å²) in [5, 5.41) is 8.87. The Morgan fingerprint density at radius 3 is 2.73 bits per heavy atom. The number of nitrogens with two attached hydrogens (primary N) is 1. The van der Waals surface area contributed by atoms with Gasteiger partial charge in [-0.25, -0.2) is 5.84 Å². The normalized spacial score (nSPS) is 14.4. The standard InChI is InChI=1S/C7H14N2O2/c1-5(3-6(2)10)4-7(11)9-8/h3,6,10H,4,8H2,1-2H3,(H,9,11)/b5-3+. The van der Waals surface area contributed by atoms with Crippen LogP contribution in [0.4, 0.5) is 0 Å². The van der Waals surface area contributed by atoms with E-state index in [9.17, 15) is 4.79 Å². The lowest BCUT2D eigenvalue weighted by Gasteiger charge is -2.01. The fourth-order valence-corrected chi connectivity index (χ4v) is 0.775. The molecule has 0 aromatic carbocycles. The zero-order chi connectivity index (χ0) is 8.85. The first-order valence-corrected chi connectivity index (χ1v) is 3.41. The average molecular weight is 158 g/mol. The van der Waals surface area contributed by atoms with Crippen LogP contribution in [0.5, 0.6) is 0 Å². The molecule has 0 saturated carbocycles. The summed E-state index contributed by atoms with van der Waals surface area (Å²) in [5.41, 5.74) is 2.82. The number of aliphatic hydroxyl groups excluding tert-OH is 1. The molecule has 4 heteroatoms. The van der Waals surface area contributed by atoms with Crippen molar-refractivity contribution in [2.75, 3.05) is 0 Å². The lowest BCUT2D eigenvalue weighted by molar-refractivity contribution is -0.120. The van der Waals surface area contributed by atoms with E-state index in [-0.39, 0.29) is 12.3 Å². The van der Waals surface area contributed by atoms with Gasteiger partial charge in [0, 0.05) is 6.42 Å². The summed E-state index contributed by atoms with van der Waals surface area (Å²) in [6.45, 7) is 3.39. The maximum absolute atomic E-state index is 10.6. The van der Waals surface area contributed by atoms with Crippen LogP contribution in [0.15, 0.2) is 11.6 Å². The number of carbonyl (C=O) groups is 1. The fraction of sp³-hybridized carbons (Fsp3) is 0.571. The molecule has 0 aliphatic rings. The van der Waals surface area contributed by atoms with Crippen molar-refractivity contribution in [3.8, 4) is 0 Å². The van der Waals surface area contributed by atoms with Crippen LogP contribution in [-0.4, -0.2) is 17.1 Å². The molecule has 64 valence electrons. The van der Waals surface area contributed by atoms with Gasteiger partial charge >= 0.3 is 0 Å². The monoisotopic (exact) mass is 158 g/mol. The largest absolute Gasteiger partial charge is 0.389 e. The van der Waals surface area contributed by atoms with Crippen LogP contribution in [0.3, 0.4) is 0 Å². The Morgan fingerprint density at radius 2 is 2.36 bits per heavy atom. The highest BCUT2D eigenvalue weighted by atomic mass is 16.3. The van der Waals surface area contributed by atoms with E-state index < -0.39 is 6.10 Å². The Balaban J connectivity index is 3.86. The molecule has 4 nitrogen and oxygen atoms in total. The highest BCUT2D eigenvalue weighted by Gasteiger charge is 1.99. The van der Waals surface area contributed by atoms with Gasteiger partial charge in [0.25, 0.3) is 0 Å². The highest BCUT2D eigenvalue weighted by molar-refractivity contribution is 5.77. The van der Waals surface area contributed by atoms with Gasteiger partial charge in [-0.3, -0.25) is 10.2 Å². The van der Waals surface area contributed by atoms with Gasteiger partial charge in [-0.05, 0) is 13.8 Å². The molecule has 0 aliphatic carbocycles. The first-order valence-electron chi connectivity index (χ1n) is 3.41. The van der Waals surface area contributed by atoms with E-state index in [0.29, 0.717) is 0 Å². The van der Waals surface area contributed by atoms with Crippen LogP contribution >= 0.6 is 0 Å². The molecule has 1 atom stereocenters. The van der Waals surface area contributed by atoms with E-state index >= 15 is 0 Å². The van der Waals surface area contributed by atoms with Crippen molar-refractivity contribution in [1.29, 1.82) is 0 Å². The molecule has 0 aromatic heterocycles. The number of carbonyl (C=O) groups excluding carboxylic acids is 1. The highest BCUT2D eigenvalue weighted by Crippen LogP contribution is 2.00. The molecule has 0 rings (SSSR count). The van der Waals surface area contributed by atoms with E-state index in [1.165, 1.54) is 0 Å². The topological polar surface area (TPSA) is 75.3 Å². The third-order valence-electron chi connectivity index (χ3n) is 1.13. The minimum absolute atomic E-state index is 0.237. The second-order valence-corrected chi connectivity index (χ2v) is 2.50. The number of rotatable bonds is 3. The van der Waals surface area contributed by atoms with Gasteiger partial charge in [0.1, 0.15) is 0 Å². The van der Waals surface area contributed by atoms with E-state index in [1.54, 1.807) is 19.9 Å². The maximum atomic E-state index is 10.6. The van der Waals surface area contributed by atoms with Crippen molar-refractivity contribution in [2.45, 2.75) is 26.4 Å². The first kappa shape index (κ1) is 10.1. The average Bonchev–Trinajstić information content (AvgIpc) is 1.85. The summed E-state index contributed by atoms with van der Waals surface area (Å²) < 4.78 is 0. The van der Waals surface area contributed by atoms with Gasteiger partial charge in [0.05, 0.1) is 6.10 Å². The SMILES string of the molecule is C/C(=C\C(C)O)CC(=O)NN. The van der Waals surface area contributed by atoms with Crippen LogP contribution in [0.2, 0.25) is 0 Å². The van der Waals surface area contributed by atoms with Crippen molar-refractivity contribution >= 4 is 5.91 Å². The number of hydrogen-bond donors (Lipinski definition) is 3. The molecule has 0 spiro atoms. The Labute approximate surface area is 66.1 Å². The van der Waals surface area contributed by atoms with Gasteiger partial charge in [-0.2, -0.15) is 0 Å². The number of hydrazine groups is 1. The van der Waals surface area contributed by atoms with Gasteiger partial charge in [-0.15, -0.1) is 0 Å². The molecule has 1 amide bonds. The molecule has 1 unspecified atom stereocenters. The maximum Gasteiger partial charge on any atom is 0.237 e. The molecule has 0 heterocycles. The van der Waals surface area contributed by atoms with Crippen molar-refractivity contribution in [2.24, 2.45) is 5.84 Å². The number of amides is 1. The summed E-state index contributed by atoms with van der Waals surface area (Å²) in [6.07, 6.45) is 1.33. The minimum Gasteiger partial charge on any atom is -0.389 e. The molecule has 0 fully saturated rings. The Hall–Kier alpha value is -0.870. The Bertz CT molecular complexity index is 164. The predicted octanol–water partition coefficient (Wildman–Crippen LogP) is -0.307. The predicted molar refractivity (Wildman–Crippen MR) is 42.4 cm³/mol. The van der Waals surface area contributed by atoms with Crippen LogP contribution in [0.1, 0.15) is 20.3 Å². The quantitative estimate of drug-likeness (QED) is 0.228. The smallest absolute Gasteiger partial charge is 0.237 e. The molecule has 0 bridgehead atoms. The van der Waals surface area contributed by atoms with Crippen LogP contribution in [0, 0.1) is 0 Å². The number of nitrogens with one attached hydrogen (secondary N) is 1. The molecule has 0 aromatic rings. The van der Waals surface area contributed by atoms with E-state index in [4.69, 9.17) is 10.9 Å². The summed E-state index contributed by atoms with van der Waals surface area (Å²) in [4.78, 5) is 10.6. The van der Waals surface area contributed by atoms with Crippen LogP contribution < -0.4 is 11.3 Å². The van der Waals surface area contributed by atoms with E-state index in [0.717, 1.165) is 5.57 Å². The van der Waals surface area contributed by atoms with Gasteiger partial charge < -0.3 is 5.11 Å². The van der Waals surface area contributed by atoms with Crippen LogP contribution in [0.25, 0.3) is 0 Å². The third kappa shape index (κ3) is 5.57. The first-order chi connectivity index (χ1) is 5.06. The molecule has 11 heavy (non-hydrogen) atoms. The zero-order valence-electron chi connectivity index (χ0n) is 6.79. The number of hydrogen-bond acceptors (Lipinski definition) is 3. The summed E-state index contributed by atoms with van der Waals surface area (Å²) >= 11 is 0. The summed E-state index contributed by atoms with van der Waals surface area (Å²) in [7, 11) is 0. The van der Waals surface area contributed by atoms with Gasteiger partial charge in [-0.1, -0.05) is 11.6 Å². The Kier molecular flexibility index (Phi) is 4.49. The minimum atomic E-state index is -0.513. The fourth-order valence-electron chi connectivity index (χ4n) is 0.775. The second kappa shape index (κ2) is 4.87. The van der Waals surface area contributed by atoms with Crippen molar-refractivity contribution in [1.82, 2.24) is 5.43 Å². The van der Waals surface area contributed by atoms with Crippen molar-refractivity contribution in [3.05, 3.63) is 11.6 Å². The summed E-state index contributed by atoms with van der Waals surface area (Å²) in [6, 6.07) is 0. The van der Waals surface area contributed by atoms with Crippen molar-refractivity contribution in [3.63, 3.8) is 0 Å². The van der Waals surface area contributed by atoms with Gasteiger partial charge in [0.2, 0.25) is 5.91 Å². The van der Waals surface area contributed by atoms with Crippen molar-refractivity contribution < 1.29 is 9.90 Å². The molecule has 0 saturated heterocycles. The molecular formula is C7H14N2O2. The lowest BCUT2D eigenvalue weighted by atomic mass is 10.1. The molecule has 0 aliphatic heterocycles. The summed E-state index contributed by atoms with van der Waals surface area (Å²) in [5.74, 6) is 4.61. The van der Waals surface area contributed by atoms with Gasteiger partial charge in [0.15, 0.2) is 0 Å². The second-order valence-electron chi connectivity index (χ2n) is 2.50.